The third kappa shape index (κ3) is 6.84. The van der Waals surface area contributed by atoms with Crippen LogP contribution < -0.4 is 33.8 Å². The van der Waals surface area contributed by atoms with Crippen molar-refractivity contribution in [1.82, 2.24) is 10.2 Å². The lowest BCUT2D eigenvalue weighted by atomic mass is 10.1. The van der Waals surface area contributed by atoms with E-state index in [-0.39, 0.29) is 34.5 Å². The predicted molar refractivity (Wildman–Crippen MR) is 174 cm³/mol. The number of benzene rings is 3. The molecule has 0 atom stereocenters. The molecule has 2 heterocycles. The minimum atomic E-state index is -0.389. The molecule has 0 fully saturated rings. The average molecular weight is 700 g/mol. The zero-order valence-electron chi connectivity index (χ0n) is 25.3. The first-order valence-corrected chi connectivity index (χ1v) is 15.6. The van der Waals surface area contributed by atoms with Gasteiger partial charge in [0, 0.05) is 27.9 Å². The van der Waals surface area contributed by atoms with E-state index in [4.69, 9.17) is 37.3 Å². The molecule has 2 aromatic heterocycles. The molecule has 0 saturated carbocycles. The van der Waals surface area contributed by atoms with Crippen LogP contribution >= 0.6 is 27.7 Å². The Kier molecular flexibility index (Phi) is 10.4. The van der Waals surface area contributed by atoms with E-state index in [1.807, 2.05) is 24.3 Å². The molecule has 0 bridgehead atoms. The van der Waals surface area contributed by atoms with E-state index in [1.54, 1.807) is 24.3 Å². The standard InChI is InChI=1S/C32H31BrN2O9S/c1-37-19-16-22(38-2)26-23(17-19)43-28(18-14-24(39-3)29(41-5)25(15-18)40-4)30(27(26)36)42-12-8-9-13-45-32-35-34-31(44-32)20-10-6-7-11-21(20)33/h6-7,10-11,14-17H,8-9,12-13H2,1-5H3. The number of hydrogen-bond acceptors (Lipinski definition) is 12. The Labute approximate surface area is 271 Å². The number of fused-ring (bicyclic) bond motifs is 1. The van der Waals surface area contributed by atoms with Gasteiger partial charge in [0.05, 0.1) is 47.7 Å². The number of thioether (sulfide) groups is 1. The monoisotopic (exact) mass is 698 g/mol. The molecule has 0 radical (unpaired) electrons. The van der Waals surface area contributed by atoms with Crippen LogP contribution in [-0.2, 0) is 0 Å². The topological polar surface area (TPSA) is 125 Å². The number of hydrogen-bond donors (Lipinski definition) is 0. The van der Waals surface area contributed by atoms with E-state index in [0.29, 0.717) is 57.6 Å². The quantitative estimate of drug-likeness (QED) is 0.0856. The molecule has 0 aliphatic rings. The van der Waals surface area contributed by atoms with Gasteiger partial charge in [0.25, 0.3) is 5.22 Å². The molecular weight excluding hydrogens is 668 g/mol. The van der Waals surface area contributed by atoms with E-state index in [1.165, 1.54) is 47.3 Å². The van der Waals surface area contributed by atoms with Crippen molar-refractivity contribution < 1.29 is 37.3 Å². The summed E-state index contributed by atoms with van der Waals surface area (Å²) < 4.78 is 46.6. The first-order chi connectivity index (χ1) is 21.9. The molecule has 11 nitrogen and oxygen atoms in total. The Balaban J connectivity index is 1.38. The van der Waals surface area contributed by atoms with Crippen LogP contribution in [0.25, 0.3) is 33.7 Å². The van der Waals surface area contributed by atoms with Crippen molar-refractivity contribution in [3.05, 3.63) is 63.2 Å². The van der Waals surface area contributed by atoms with E-state index in [2.05, 4.69) is 26.1 Å². The van der Waals surface area contributed by atoms with Gasteiger partial charge in [-0.2, -0.15) is 0 Å². The van der Waals surface area contributed by atoms with Crippen molar-refractivity contribution in [1.29, 1.82) is 0 Å². The van der Waals surface area contributed by atoms with Gasteiger partial charge < -0.3 is 37.3 Å². The van der Waals surface area contributed by atoms with Gasteiger partial charge in [-0.05, 0) is 53.0 Å². The van der Waals surface area contributed by atoms with Crippen molar-refractivity contribution in [3.63, 3.8) is 0 Å². The molecule has 5 rings (SSSR count). The summed E-state index contributed by atoms with van der Waals surface area (Å²) in [6, 6.07) is 14.3. The van der Waals surface area contributed by atoms with Crippen molar-refractivity contribution >= 4 is 38.7 Å². The molecule has 0 spiro atoms. The van der Waals surface area contributed by atoms with Gasteiger partial charge in [0.1, 0.15) is 22.5 Å². The normalized spacial score (nSPS) is 11.0. The summed E-state index contributed by atoms with van der Waals surface area (Å²) in [5.41, 5.74) is 1.20. The molecule has 3 aromatic carbocycles. The molecule has 5 aromatic rings. The first-order valence-electron chi connectivity index (χ1n) is 13.8. The van der Waals surface area contributed by atoms with E-state index in [0.717, 1.165) is 16.5 Å². The molecule has 13 heteroatoms. The molecule has 0 amide bonds. The maximum atomic E-state index is 14.0. The second-order valence-electron chi connectivity index (χ2n) is 9.46. The SMILES string of the molecule is COc1cc(OC)c2c(=O)c(OCCCCSc3nnc(-c4ccccc4Br)o3)c(-c3cc(OC)c(OC)c(OC)c3)oc2c1. The van der Waals surface area contributed by atoms with Crippen molar-refractivity contribution in [2.45, 2.75) is 18.1 Å². The average Bonchev–Trinajstić information content (AvgIpc) is 3.54. The molecular formula is C32H31BrN2O9S. The van der Waals surface area contributed by atoms with Gasteiger partial charge in [0.2, 0.25) is 22.8 Å². The lowest BCUT2D eigenvalue weighted by Crippen LogP contribution is -2.12. The Morgan fingerprint density at radius 2 is 1.53 bits per heavy atom. The number of rotatable bonds is 14. The van der Waals surface area contributed by atoms with Gasteiger partial charge in [0.15, 0.2) is 17.3 Å². The number of ether oxygens (including phenoxy) is 6. The Hall–Kier alpha value is -4.36. The van der Waals surface area contributed by atoms with Crippen LogP contribution in [0.4, 0.5) is 0 Å². The molecule has 0 aliphatic heterocycles. The van der Waals surface area contributed by atoms with Crippen LogP contribution in [0.2, 0.25) is 0 Å². The zero-order chi connectivity index (χ0) is 31.9. The van der Waals surface area contributed by atoms with Crippen LogP contribution in [0.1, 0.15) is 12.8 Å². The fourth-order valence-electron chi connectivity index (χ4n) is 4.60. The highest BCUT2D eigenvalue weighted by atomic mass is 79.9. The maximum Gasteiger partial charge on any atom is 0.276 e. The van der Waals surface area contributed by atoms with Gasteiger partial charge in [-0.25, -0.2) is 0 Å². The fraction of sp³-hybridized carbons (Fsp3) is 0.281. The second-order valence-corrected chi connectivity index (χ2v) is 11.4. The van der Waals surface area contributed by atoms with Crippen LogP contribution in [0, 0.1) is 0 Å². The van der Waals surface area contributed by atoms with Gasteiger partial charge in [-0.15, -0.1) is 10.2 Å². The maximum absolute atomic E-state index is 14.0. The Bertz CT molecular complexity index is 1830. The number of unbranched alkanes of at least 4 members (excludes halogenated alkanes) is 1. The van der Waals surface area contributed by atoms with Crippen LogP contribution in [0.3, 0.4) is 0 Å². The first kappa shape index (κ1) is 32.0. The Morgan fingerprint density at radius 1 is 0.800 bits per heavy atom. The summed E-state index contributed by atoms with van der Waals surface area (Å²) in [7, 11) is 7.54. The molecule has 0 unspecified atom stereocenters. The number of halogens is 1. The summed E-state index contributed by atoms with van der Waals surface area (Å²) in [5, 5.41) is 9.01. The van der Waals surface area contributed by atoms with Crippen molar-refractivity contribution in [2.75, 3.05) is 47.9 Å². The summed E-state index contributed by atoms with van der Waals surface area (Å²) >= 11 is 4.96. The minimum Gasteiger partial charge on any atom is -0.496 e. The lowest BCUT2D eigenvalue weighted by molar-refractivity contribution is 0.301. The lowest BCUT2D eigenvalue weighted by Gasteiger charge is -2.17. The van der Waals surface area contributed by atoms with Crippen LogP contribution in [-0.4, -0.2) is 58.1 Å². The van der Waals surface area contributed by atoms with Gasteiger partial charge in [-0.1, -0.05) is 23.9 Å². The van der Waals surface area contributed by atoms with E-state index in [9.17, 15) is 4.79 Å². The zero-order valence-corrected chi connectivity index (χ0v) is 27.7. The van der Waals surface area contributed by atoms with Gasteiger partial charge >= 0.3 is 0 Å². The highest BCUT2D eigenvalue weighted by molar-refractivity contribution is 9.10. The van der Waals surface area contributed by atoms with Gasteiger partial charge in [-0.3, -0.25) is 4.79 Å². The number of aromatic nitrogens is 2. The third-order valence-electron chi connectivity index (χ3n) is 6.79. The molecule has 236 valence electrons. The van der Waals surface area contributed by atoms with Crippen LogP contribution in [0.5, 0.6) is 34.5 Å². The predicted octanol–water partition coefficient (Wildman–Crippen LogP) is 7.27. The number of nitrogens with zero attached hydrogens (tertiary/aromatic N) is 2. The molecule has 0 saturated heterocycles. The minimum absolute atomic E-state index is 0.0304. The van der Waals surface area contributed by atoms with Crippen molar-refractivity contribution in [3.8, 4) is 57.3 Å². The largest absolute Gasteiger partial charge is 0.496 e. The highest BCUT2D eigenvalue weighted by Gasteiger charge is 2.24. The summed E-state index contributed by atoms with van der Waals surface area (Å²) in [5.74, 6) is 3.34. The fourth-order valence-corrected chi connectivity index (χ4v) is 5.82. The summed E-state index contributed by atoms with van der Waals surface area (Å²) in [6.07, 6.45) is 1.40. The Morgan fingerprint density at radius 3 is 2.20 bits per heavy atom. The smallest absolute Gasteiger partial charge is 0.276 e. The molecule has 0 N–H and O–H groups in total. The van der Waals surface area contributed by atoms with Crippen LogP contribution in [0.15, 0.2) is 71.9 Å². The van der Waals surface area contributed by atoms with Crippen molar-refractivity contribution in [2.24, 2.45) is 0 Å². The highest BCUT2D eigenvalue weighted by Crippen LogP contribution is 2.44. The van der Waals surface area contributed by atoms with E-state index < -0.39 is 0 Å². The molecule has 45 heavy (non-hydrogen) atoms. The summed E-state index contributed by atoms with van der Waals surface area (Å²) in [4.78, 5) is 14.0. The number of methoxy groups -OCH3 is 5. The van der Waals surface area contributed by atoms with E-state index >= 15 is 0 Å². The molecule has 0 aliphatic carbocycles. The second kappa shape index (κ2) is 14.6. The summed E-state index contributed by atoms with van der Waals surface area (Å²) in [6.45, 7) is 0.249. The third-order valence-corrected chi connectivity index (χ3v) is 8.39.